The summed E-state index contributed by atoms with van der Waals surface area (Å²) >= 11 is 3.27. The zero-order valence-corrected chi connectivity index (χ0v) is 14.4. The molecule has 1 unspecified atom stereocenters. The van der Waals surface area contributed by atoms with Crippen molar-refractivity contribution in [2.45, 2.75) is 30.4 Å². The molecule has 4 nitrogen and oxygen atoms in total. The van der Waals surface area contributed by atoms with E-state index in [1.807, 2.05) is 0 Å². The van der Waals surface area contributed by atoms with E-state index in [4.69, 9.17) is 5.73 Å². The molecule has 0 fully saturated rings. The largest absolute Gasteiger partial charge is 0.398 e. The third kappa shape index (κ3) is 4.29. The summed E-state index contributed by atoms with van der Waals surface area (Å²) in [7, 11) is -4.67. The Hall–Kier alpha value is -0.400. The Morgan fingerprint density at radius 1 is 1.32 bits per heavy atom. The number of nitrogen functional groups attached to an aromatic ring is 1. The molecule has 0 aliphatic rings. The highest BCUT2D eigenvalue weighted by Gasteiger charge is 2.29. The molecule has 0 bridgehead atoms. The fourth-order valence-corrected chi connectivity index (χ4v) is 4.56. The minimum atomic E-state index is -3.26. The molecule has 0 saturated heterocycles. The van der Waals surface area contributed by atoms with Crippen molar-refractivity contribution in [2.75, 3.05) is 17.2 Å². The van der Waals surface area contributed by atoms with E-state index in [-0.39, 0.29) is 11.5 Å². The highest BCUT2D eigenvalue weighted by atomic mass is 79.9. The lowest BCUT2D eigenvalue weighted by Crippen LogP contribution is -2.32. The summed E-state index contributed by atoms with van der Waals surface area (Å²) in [6.45, 7) is 4.91. The molecule has 108 valence electrons. The number of hydrogen-bond acceptors (Lipinski definition) is 4. The third-order valence-electron chi connectivity index (χ3n) is 2.69. The average Bonchev–Trinajstić information content (AvgIpc) is 2.24. The predicted octanol–water partition coefficient (Wildman–Crippen LogP) is 2.35. The maximum Gasteiger partial charge on any atom is 0.156 e. The molecule has 0 heterocycles. The van der Waals surface area contributed by atoms with Crippen LogP contribution in [0.15, 0.2) is 27.6 Å². The molecular weight excluding hydrogens is 350 g/mol. The van der Waals surface area contributed by atoms with Crippen LogP contribution in [-0.2, 0) is 20.6 Å². The topological polar surface area (TPSA) is 77.2 Å². The molecule has 0 saturated carbocycles. The standard InChI is InChI=1S/C12H18BrNO3S2/c1-12(2,3)19(16,17)7-6-18(15)11-5-4-9(13)8-10(11)14/h4-5,8H,6-7,14H2,1-3H3. The smallest absolute Gasteiger partial charge is 0.156 e. The van der Waals surface area contributed by atoms with E-state index in [1.54, 1.807) is 39.0 Å². The molecule has 1 aromatic carbocycles. The molecule has 0 amide bonds. The molecule has 19 heavy (non-hydrogen) atoms. The van der Waals surface area contributed by atoms with Gasteiger partial charge in [-0.15, -0.1) is 0 Å². The van der Waals surface area contributed by atoms with E-state index in [1.165, 1.54) is 0 Å². The van der Waals surface area contributed by atoms with Gasteiger partial charge >= 0.3 is 0 Å². The van der Waals surface area contributed by atoms with Crippen molar-refractivity contribution in [2.24, 2.45) is 0 Å². The van der Waals surface area contributed by atoms with Gasteiger partial charge in [0.1, 0.15) is 0 Å². The van der Waals surface area contributed by atoms with Crippen molar-refractivity contribution >= 4 is 42.3 Å². The Bertz CT molecular complexity index is 591. The molecule has 2 N–H and O–H groups in total. The van der Waals surface area contributed by atoms with Crippen molar-refractivity contribution in [1.82, 2.24) is 0 Å². The number of anilines is 1. The Balaban J connectivity index is 2.82. The SMILES string of the molecule is CC(C)(C)S(=O)(=O)CCS(=O)c1ccc(Br)cc1N. The Labute approximate surface area is 125 Å². The van der Waals surface area contributed by atoms with Gasteiger partial charge in [0.2, 0.25) is 0 Å². The molecule has 1 aromatic rings. The van der Waals surface area contributed by atoms with Gasteiger partial charge in [-0.05, 0) is 39.0 Å². The van der Waals surface area contributed by atoms with E-state index < -0.39 is 25.4 Å². The fraction of sp³-hybridized carbons (Fsp3) is 0.500. The van der Waals surface area contributed by atoms with Crippen LogP contribution in [0, 0.1) is 0 Å². The van der Waals surface area contributed by atoms with Crippen LogP contribution in [0.3, 0.4) is 0 Å². The molecular formula is C12H18BrNO3S2. The number of hydrogen-bond donors (Lipinski definition) is 1. The summed E-state index contributed by atoms with van der Waals surface area (Å²) in [4.78, 5) is 0.479. The van der Waals surface area contributed by atoms with Crippen molar-refractivity contribution in [3.63, 3.8) is 0 Å². The minimum absolute atomic E-state index is 0.0609. The maximum atomic E-state index is 12.1. The van der Waals surface area contributed by atoms with Crippen LogP contribution < -0.4 is 5.73 Å². The van der Waals surface area contributed by atoms with Crippen molar-refractivity contribution < 1.29 is 12.6 Å². The first-order chi connectivity index (χ1) is 8.54. The summed E-state index contributed by atoms with van der Waals surface area (Å²) in [5.41, 5.74) is 6.18. The number of sulfone groups is 1. The van der Waals surface area contributed by atoms with Gasteiger partial charge in [-0.2, -0.15) is 0 Å². The summed E-state index contributed by atoms with van der Waals surface area (Å²) in [5.74, 6) is -0.0515. The van der Waals surface area contributed by atoms with Crippen molar-refractivity contribution in [3.8, 4) is 0 Å². The molecule has 0 aromatic heterocycles. The van der Waals surface area contributed by atoms with Crippen LogP contribution >= 0.6 is 15.9 Å². The van der Waals surface area contributed by atoms with E-state index in [9.17, 15) is 12.6 Å². The first-order valence-electron chi connectivity index (χ1n) is 5.70. The average molecular weight is 368 g/mol. The monoisotopic (exact) mass is 367 g/mol. The van der Waals surface area contributed by atoms with Gasteiger partial charge in [0.15, 0.2) is 9.84 Å². The third-order valence-corrected chi connectivity index (χ3v) is 7.48. The second-order valence-electron chi connectivity index (χ2n) is 5.16. The maximum absolute atomic E-state index is 12.1. The Morgan fingerprint density at radius 3 is 2.37 bits per heavy atom. The van der Waals surface area contributed by atoms with Gasteiger partial charge < -0.3 is 5.73 Å². The molecule has 0 radical (unpaired) electrons. The molecule has 0 spiro atoms. The summed E-state index contributed by atoms with van der Waals surface area (Å²) in [6.07, 6.45) is 0. The van der Waals surface area contributed by atoms with Crippen LogP contribution in [0.25, 0.3) is 0 Å². The number of benzene rings is 1. The predicted molar refractivity (Wildman–Crippen MR) is 83.4 cm³/mol. The van der Waals surface area contributed by atoms with Gasteiger partial charge in [0.25, 0.3) is 0 Å². The molecule has 0 aliphatic carbocycles. The molecule has 1 rings (SSSR count). The molecule has 0 aliphatic heterocycles. The molecule has 7 heteroatoms. The van der Waals surface area contributed by atoms with Crippen LogP contribution in [-0.4, -0.2) is 28.9 Å². The van der Waals surface area contributed by atoms with Gasteiger partial charge in [-0.1, -0.05) is 15.9 Å². The second kappa shape index (κ2) is 5.93. The number of rotatable bonds is 4. The number of nitrogens with two attached hydrogens (primary N) is 1. The first kappa shape index (κ1) is 16.7. The van der Waals surface area contributed by atoms with Crippen LogP contribution in [0.4, 0.5) is 5.69 Å². The van der Waals surface area contributed by atoms with Gasteiger partial charge in [0, 0.05) is 15.9 Å². The quantitative estimate of drug-likeness (QED) is 0.828. The van der Waals surface area contributed by atoms with Gasteiger partial charge in [-0.25, -0.2) is 8.42 Å². The molecule has 1 atom stereocenters. The summed E-state index contributed by atoms with van der Waals surface area (Å²) in [5, 5.41) is 0. The first-order valence-corrected chi connectivity index (χ1v) is 9.47. The zero-order valence-electron chi connectivity index (χ0n) is 11.1. The van der Waals surface area contributed by atoms with E-state index in [2.05, 4.69) is 15.9 Å². The van der Waals surface area contributed by atoms with Crippen LogP contribution in [0.1, 0.15) is 20.8 Å². The van der Waals surface area contributed by atoms with Crippen LogP contribution in [0.2, 0.25) is 0 Å². The minimum Gasteiger partial charge on any atom is -0.398 e. The normalized spacial score (nSPS) is 14.3. The fourth-order valence-electron chi connectivity index (χ4n) is 1.33. The van der Waals surface area contributed by atoms with Crippen LogP contribution in [0.5, 0.6) is 0 Å². The highest BCUT2D eigenvalue weighted by molar-refractivity contribution is 9.10. The summed E-state index contributed by atoms with van der Waals surface area (Å²) < 4.78 is 36.0. The lowest BCUT2D eigenvalue weighted by atomic mass is 10.3. The van der Waals surface area contributed by atoms with Crippen molar-refractivity contribution in [1.29, 1.82) is 0 Å². The Morgan fingerprint density at radius 2 is 1.89 bits per heavy atom. The van der Waals surface area contributed by atoms with Gasteiger partial charge in [-0.3, -0.25) is 4.21 Å². The summed E-state index contributed by atoms with van der Waals surface area (Å²) in [6, 6.07) is 5.05. The van der Waals surface area contributed by atoms with E-state index in [0.29, 0.717) is 10.6 Å². The lowest BCUT2D eigenvalue weighted by Gasteiger charge is -2.18. The Kier molecular flexibility index (Phi) is 5.20. The highest BCUT2D eigenvalue weighted by Crippen LogP contribution is 2.23. The van der Waals surface area contributed by atoms with Crippen molar-refractivity contribution in [3.05, 3.63) is 22.7 Å². The number of halogens is 1. The zero-order chi connectivity index (χ0) is 14.8. The lowest BCUT2D eigenvalue weighted by molar-refractivity contribution is 0.561. The van der Waals surface area contributed by atoms with E-state index >= 15 is 0 Å². The second-order valence-corrected chi connectivity index (χ2v) is 10.5. The van der Waals surface area contributed by atoms with Gasteiger partial charge in [0.05, 0.1) is 26.2 Å². The van der Waals surface area contributed by atoms with E-state index in [0.717, 1.165) is 4.47 Å².